The average molecular weight is 258 g/mol. The Morgan fingerprint density at radius 2 is 1.50 bits per heavy atom. The van der Waals surface area contributed by atoms with Gasteiger partial charge in [-0.15, -0.1) is 0 Å². The van der Waals surface area contributed by atoms with Gasteiger partial charge in [-0.25, -0.2) is 0 Å². The number of carbonyl (C=O) groups is 1. The molecule has 108 valence electrons. The third-order valence-corrected chi connectivity index (χ3v) is 3.34. The molecule has 0 amide bonds. The van der Waals surface area contributed by atoms with Crippen molar-refractivity contribution in [3.05, 3.63) is 0 Å². The molecule has 0 spiro atoms. The van der Waals surface area contributed by atoms with Crippen LogP contribution in [-0.4, -0.2) is 24.8 Å². The van der Waals surface area contributed by atoms with Crippen LogP contribution in [0.25, 0.3) is 0 Å². The highest BCUT2D eigenvalue weighted by molar-refractivity contribution is 5.53. The number of hydrogen-bond acceptors (Lipinski definition) is 3. The van der Waals surface area contributed by atoms with E-state index in [0.29, 0.717) is 11.8 Å². The maximum atomic E-state index is 10.9. The summed E-state index contributed by atoms with van der Waals surface area (Å²) in [6.07, 6.45) is 1.62. The van der Waals surface area contributed by atoms with Crippen molar-refractivity contribution in [3.8, 4) is 0 Å². The molecule has 0 aromatic rings. The predicted molar refractivity (Wildman–Crippen MR) is 74.4 cm³/mol. The summed E-state index contributed by atoms with van der Waals surface area (Å²) in [4.78, 5) is 10.9. The first-order valence-corrected chi connectivity index (χ1v) is 7.09. The molecule has 4 atom stereocenters. The number of aldehydes is 1. The normalized spacial score (nSPS) is 18.7. The van der Waals surface area contributed by atoms with Gasteiger partial charge in [0.2, 0.25) is 0 Å². The van der Waals surface area contributed by atoms with E-state index in [1.807, 2.05) is 13.8 Å². The minimum atomic E-state index is -0.225. The van der Waals surface area contributed by atoms with Crippen LogP contribution in [0.2, 0.25) is 0 Å². The molecular formula is C15H30O3. The smallest absolute Gasteiger partial charge is 0.158 e. The Balaban J connectivity index is 4.51. The van der Waals surface area contributed by atoms with Crippen LogP contribution in [0.15, 0.2) is 0 Å². The van der Waals surface area contributed by atoms with Crippen LogP contribution < -0.4 is 0 Å². The lowest BCUT2D eigenvalue weighted by molar-refractivity contribution is -0.213. The lowest BCUT2D eigenvalue weighted by Gasteiger charge is -2.31. The highest BCUT2D eigenvalue weighted by Crippen LogP contribution is 2.20. The molecule has 0 radical (unpaired) electrons. The van der Waals surface area contributed by atoms with Crippen LogP contribution in [0.4, 0.5) is 0 Å². The highest BCUT2D eigenvalue weighted by atomic mass is 16.7. The van der Waals surface area contributed by atoms with Gasteiger partial charge in [-0.05, 0) is 25.2 Å². The molecule has 2 unspecified atom stereocenters. The summed E-state index contributed by atoms with van der Waals surface area (Å²) in [6, 6.07) is 0. The van der Waals surface area contributed by atoms with E-state index in [9.17, 15) is 4.79 Å². The van der Waals surface area contributed by atoms with E-state index in [1.165, 1.54) is 0 Å². The molecule has 0 N–H and O–H groups in total. The maximum Gasteiger partial charge on any atom is 0.158 e. The number of hydrogen-bond donors (Lipinski definition) is 0. The van der Waals surface area contributed by atoms with Crippen molar-refractivity contribution in [1.82, 2.24) is 0 Å². The Labute approximate surface area is 112 Å². The van der Waals surface area contributed by atoms with E-state index in [-0.39, 0.29) is 24.4 Å². The van der Waals surface area contributed by atoms with Crippen molar-refractivity contribution in [3.63, 3.8) is 0 Å². The molecule has 18 heavy (non-hydrogen) atoms. The average Bonchev–Trinajstić information content (AvgIpc) is 2.32. The lowest BCUT2D eigenvalue weighted by Crippen LogP contribution is -2.36. The van der Waals surface area contributed by atoms with Crippen LogP contribution >= 0.6 is 0 Å². The summed E-state index contributed by atoms with van der Waals surface area (Å²) in [6.45, 7) is 14.4. The second-order valence-corrected chi connectivity index (χ2v) is 5.76. The van der Waals surface area contributed by atoms with Gasteiger partial charge in [0.1, 0.15) is 6.29 Å². The van der Waals surface area contributed by atoms with Gasteiger partial charge in [0, 0.05) is 5.92 Å². The number of ether oxygens (including phenoxy) is 2. The van der Waals surface area contributed by atoms with E-state index in [2.05, 4.69) is 34.6 Å². The fourth-order valence-electron chi connectivity index (χ4n) is 1.76. The molecule has 0 rings (SSSR count). The second-order valence-electron chi connectivity index (χ2n) is 5.76. The van der Waals surface area contributed by atoms with Crippen molar-refractivity contribution in [2.75, 3.05) is 0 Å². The molecule has 0 aliphatic carbocycles. The Morgan fingerprint density at radius 1 is 0.944 bits per heavy atom. The molecule has 0 aromatic heterocycles. The van der Waals surface area contributed by atoms with E-state index in [1.54, 1.807) is 0 Å². The molecule has 0 aromatic carbocycles. The van der Waals surface area contributed by atoms with Crippen LogP contribution in [0.5, 0.6) is 0 Å². The van der Waals surface area contributed by atoms with Gasteiger partial charge in [-0.1, -0.05) is 41.5 Å². The molecule has 0 aliphatic heterocycles. The molecule has 0 bridgehead atoms. The standard InChI is InChI=1S/C15H30O3/c1-8-14(17-13(7)10(2)3)18-15(11(4)5)12(6)9-16/h9-15H,8H2,1-7H3/t12?,13?,14-,15-/m0/s1. The third-order valence-electron chi connectivity index (χ3n) is 3.34. The van der Waals surface area contributed by atoms with E-state index >= 15 is 0 Å². The molecule has 3 heteroatoms. The van der Waals surface area contributed by atoms with Crippen molar-refractivity contribution in [1.29, 1.82) is 0 Å². The zero-order valence-corrected chi connectivity index (χ0v) is 13.0. The minimum absolute atomic E-state index is 0.0770. The molecule has 0 saturated heterocycles. The first-order valence-electron chi connectivity index (χ1n) is 7.09. The molecule has 0 aliphatic rings. The topological polar surface area (TPSA) is 35.5 Å². The quantitative estimate of drug-likeness (QED) is 0.467. The fraction of sp³-hybridized carbons (Fsp3) is 0.933. The van der Waals surface area contributed by atoms with Crippen LogP contribution in [0, 0.1) is 17.8 Å². The van der Waals surface area contributed by atoms with Crippen LogP contribution in [-0.2, 0) is 14.3 Å². The van der Waals surface area contributed by atoms with E-state index in [4.69, 9.17) is 9.47 Å². The predicted octanol–water partition coefficient (Wildman–Crippen LogP) is 3.66. The van der Waals surface area contributed by atoms with Crippen LogP contribution in [0.1, 0.15) is 54.9 Å². The van der Waals surface area contributed by atoms with Gasteiger partial charge in [-0.3, -0.25) is 0 Å². The zero-order valence-electron chi connectivity index (χ0n) is 13.0. The molecular weight excluding hydrogens is 228 g/mol. The van der Waals surface area contributed by atoms with E-state index < -0.39 is 0 Å². The minimum Gasteiger partial charge on any atom is -0.349 e. The first-order chi connectivity index (χ1) is 8.33. The summed E-state index contributed by atoms with van der Waals surface area (Å²) in [7, 11) is 0. The monoisotopic (exact) mass is 258 g/mol. The number of rotatable bonds is 9. The SMILES string of the molecule is CC[C@@H](OC(C)C(C)C)O[C@@H](C(C)C)C(C)C=O. The fourth-order valence-corrected chi connectivity index (χ4v) is 1.76. The van der Waals surface area contributed by atoms with Gasteiger partial charge >= 0.3 is 0 Å². The summed E-state index contributed by atoms with van der Waals surface area (Å²) in [5.74, 6) is 0.665. The van der Waals surface area contributed by atoms with Gasteiger partial charge < -0.3 is 14.3 Å². The highest BCUT2D eigenvalue weighted by Gasteiger charge is 2.26. The van der Waals surface area contributed by atoms with Crippen LogP contribution in [0.3, 0.4) is 0 Å². The van der Waals surface area contributed by atoms with Gasteiger partial charge in [-0.2, -0.15) is 0 Å². The van der Waals surface area contributed by atoms with Crippen molar-refractivity contribution >= 4 is 6.29 Å². The summed E-state index contributed by atoms with van der Waals surface area (Å²) in [5, 5.41) is 0. The Morgan fingerprint density at radius 3 is 1.83 bits per heavy atom. The summed E-state index contributed by atoms with van der Waals surface area (Å²) >= 11 is 0. The third kappa shape index (κ3) is 5.96. The number of carbonyl (C=O) groups excluding carboxylic acids is 1. The lowest BCUT2D eigenvalue weighted by atomic mass is 9.96. The van der Waals surface area contributed by atoms with Crippen molar-refractivity contribution in [2.24, 2.45) is 17.8 Å². The van der Waals surface area contributed by atoms with Crippen molar-refractivity contribution in [2.45, 2.75) is 73.4 Å². The Bertz CT molecular complexity index is 226. The molecule has 0 fully saturated rings. The second kappa shape index (κ2) is 8.65. The van der Waals surface area contributed by atoms with E-state index in [0.717, 1.165) is 12.7 Å². The zero-order chi connectivity index (χ0) is 14.3. The maximum absolute atomic E-state index is 10.9. The van der Waals surface area contributed by atoms with Gasteiger partial charge in [0.15, 0.2) is 6.29 Å². The van der Waals surface area contributed by atoms with Crippen molar-refractivity contribution < 1.29 is 14.3 Å². The van der Waals surface area contributed by atoms with Gasteiger partial charge in [0.05, 0.1) is 12.2 Å². The Kier molecular flexibility index (Phi) is 8.45. The largest absolute Gasteiger partial charge is 0.349 e. The first kappa shape index (κ1) is 17.6. The summed E-state index contributed by atoms with van der Waals surface area (Å²) in [5.41, 5.74) is 0. The molecule has 3 nitrogen and oxygen atoms in total. The summed E-state index contributed by atoms with van der Waals surface area (Å²) < 4.78 is 11.9. The molecule has 0 saturated carbocycles. The molecule has 0 heterocycles. The van der Waals surface area contributed by atoms with Gasteiger partial charge in [0.25, 0.3) is 0 Å². The Hall–Kier alpha value is -0.410.